The summed E-state index contributed by atoms with van der Waals surface area (Å²) in [5.41, 5.74) is 0.511. The molecular formula is C13H17ClF2N2O2. The van der Waals surface area contributed by atoms with E-state index in [4.69, 9.17) is 4.74 Å². The Morgan fingerprint density at radius 1 is 1.45 bits per heavy atom. The van der Waals surface area contributed by atoms with Crippen LogP contribution in [0.5, 0.6) is 0 Å². The zero-order valence-corrected chi connectivity index (χ0v) is 11.8. The van der Waals surface area contributed by atoms with Crippen LogP contribution in [-0.4, -0.2) is 31.2 Å². The molecule has 0 aromatic heterocycles. The highest BCUT2D eigenvalue weighted by atomic mass is 35.5. The minimum absolute atomic E-state index is 0. The van der Waals surface area contributed by atoms with Crippen LogP contribution in [0.1, 0.15) is 12.5 Å². The summed E-state index contributed by atoms with van der Waals surface area (Å²) in [5.74, 6) is -2.03. The van der Waals surface area contributed by atoms with Crippen LogP contribution in [0.3, 0.4) is 0 Å². The zero-order chi connectivity index (χ0) is 13.8. The summed E-state index contributed by atoms with van der Waals surface area (Å²) in [6.07, 6.45) is -0.210. The fraction of sp³-hybridized carbons (Fsp3) is 0.462. The summed E-state index contributed by atoms with van der Waals surface area (Å²) in [6.45, 7) is 3.16. The Bertz CT molecular complexity index is 474. The number of amides is 1. The number of nitrogens with one attached hydrogen (secondary N) is 2. The molecule has 112 valence electrons. The SMILES string of the molecule is C[C@H]1OCCN[C@@H]1C(=O)NCc1ccc(F)c(F)c1.Cl. The molecule has 2 atom stereocenters. The van der Waals surface area contributed by atoms with Crippen LogP contribution in [0.4, 0.5) is 8.78 Å². The van der Waals surface area contributed by atoms with Crippen molar-refractivity contribution in [3.05, 3.63) is 35.4 Å². The van der Waals surface area contributed by atoms with Crippen molar-refractivity contribution >= 4 is 18.3 Å². The molecule has 0 saturated carbocycles. The van der Waals surface area contributed by atoms with Gasteiger partial charge in [0, 0.05) is 13.1 Å². The van der Waals surface area contributed by atoms with E-state index >= 15 is 0 Å². The van der Waals surface area contributed by atoms with Crippen molar-refractivity contribution in [3.8, 4) is 0 Å². The maximum absolute atomic E-state index is 13.0. The lowest BCUT2D eigenvalue weighted by Gasteiger charge is -2.29. The van der Waals surface area contributed by atoms with E-state index in [0.717, 1.165) is 12.1 Å². The molecule has 7 heteroatoms. The van der Waals surface area contributed by atoms with Crippen molar-refractivity contribution in [1.82, 2.24) is 10.6 Å². The Morgan fingerprint density at radius 2 is 2.20 bits per heavy atom. The number of hydrogen-bond donors (Lipinski definition) is 2. The molecule has 0 unspecified atom stereocenters. The predicted octanol–water partition coefficient (Wildman–Crippen LogP) is 1.38. The molecule has 1 amide bonds. The van der Waals surface area contributed by atoms with Crippen molar-refractivity contribution < 1.29 is 18.3 Å². The highest BCUT2D eigenvalue weighted by molar-refractivity contribution is 5.85. The summed E-state index contributed by atoms with van der Waals surface area (Å²) < 4.78 is 31.1. The van der Waals surface area contributed by atoms with Gasteiger partial charge in [0.1, 0.15) is 6.04 Å². The molecule has 1 aromatic carbocycles. The topological polar surface area (TPSA) is 50.4 Å². The molecule has 0 aliphatic carbocycles. The van der Waals surface area contributed by atoms with Gasteiger partial charge in [0.15, 0.2) is 11.6 Å². The zero-order valence-electron chi connectivity index (χ0n) is 11.0. The van der Waals surface area contributed by atoms with E-state index in [0.29, 0.717) is 18.7 Å². The molecule has 1 aromatic rings. The molecule has 0 spiro atoms. The largest absolute Gasteiger partial charge is 0.375 e. The van der Waals surface area contributed by atoms with Crippen molar-refractivity contribution in [2.75, 3.05) is 13.2 Å². The Hall–Kier alpha value is -1.24. The number of carbonyl (C=O) groups is 1. The van der Waals surface area contributed by atoms with Gasteiger partial charge in [0.05, 0.1) is 12.7 Å². The van der Waals surface area contributed by atoms with Crippen molar-refractivity contribution in [3.63, 3.8) is 0 Å². The molecule has 1 saturated heterocycles. The van der Waals surface area contributed by atoms with Crippen molar-refractivity contribution in [2.45, 2.75) is 25.6 Å². The minimum Gasteiger partial charge on any atom is -0.375 e. The Morgan fingerprint density at radius 3 is 2.85 bits per heavy atom. The van der Waals surface area contributed by atoms with Crippen LogP contribution >= 0.6 is 12.4 Å². The molecule has 2 rings (SSSR count). The maximum Gasteiger partial charge on any atom is 0.240 e. The van der Waals surface area contributed by atoms with Crippen LogP contribution in [0.25, 0.3) is 0 Å². The second kappa shape index (κ2) is 7.52. The average molecular weight is 307 g/mol. The minimum atomic E-state index is -0.917. The average Bonchev–Trinajstić information content (AvgIpc) is 2.40. The smallest absolute Gasteiger partial charge is 0.240 e. The van der Waals surface area contributed by atoms with Gasteiger partial charge in [-0.15, -0.1) is 12.4 Å². The molecule has 1 aliphatic rings. The van der Waals surface area contributed by atoms with E-state index in [9.17, 15) is 13.6 Å². The summed E-state index contributed by atoms with van der Waals surface area (Å²) in [5, 5.41) is 5.73. The molecule has 0 bridgehead atoms. The van der Waals surface area contributed by atoms with Crippen LogP contribution < -0.4 is 10.6 Å². The van der Waals surface area contributed by atoms with Crippen molar-refractivity contribution in [2.24, 2.45) is 0 Å². The third-order valence-electron chi connectivity index (χ3n) is 3.05. The number of hydrogen-bond acceptors (Lipinski definition) is 3. The first-order valence-corrected chi connectivity index (χ1v) is 6.14. The summed E-state index contributed by atoms with van der Waals surface area (Å²) >= 11 is 0. The number of benzene rings is 1. The maximum atomic E-state index is 13.0. The van der Waals surface area contributed by atoms with Gasteiger partial charge < -0.3 is 15.4 Å². The molecule has 20 heavy (non-hydrogen) atoms. The van der Waals surface area contributed by atoms with Crippen LogP contribution in [0, 0.1) is 11.6 Å². The lowest BCUT2D eigenvalue weighted by Crippen LogP contribution is -2.55. The second-order valence-electron chi connectivity index (χ2n) is 4.47. The second-order valence-corrected chi connectivity index (χ2v) is 4.47. The lowest BCUT2D eigenvalue weighted by atomic mass is 10.1. The summed E-state index contributed by atoms with van der Waals surface area (Å²) in [4.78, 5) is 11.9. The van der Waals surface area contributed by atoms with Crippen LogP contribution in [-0.2, 0) is 16.1 Å². The van der Waals surface area contributed by atoms with Gasteiger partial charge in [0.2, 0.25) is 5.91 Å². The molecular weight excluding hydrogens is 290 g/mol. The first-order valence-electron chi connectivity index (χ1n) is 6.14. The highest BCUT2D eigenvalue weighted by Gasteiger charge is 2.27. The van der Waals surface area contributed by atoms with Gasteiger partial charge in [-0.05, 0) is 24.6 Å². The number of halogens is 3. The van der Waals surface area contributed by atoms with Gasteiger partial charge >= 0.3 is 0 Å². The highest BCUT2D eigenvalue weighted by Crippen LogP contribution is 2.09. The van der Waals surface area contributed by atoms with E-state index in [1.807, 2.05) is 6.92 Å². The van der Waals surface area contributed by atoms with Crippen LogP contribution in [0.2, 0.25) is 0 Å². The number of morpholine rings is 1. The van der Waals surface area contributed by atoms with Gasteiger partial charge in [-0.3, -0.25) is 4.79 Å². The fourth-order valence-electron chi connectivity index (χ4n) is 1.98. The molecule has 1 fully saturated rings. The quantitative estimate of drug-likeness (QED) is 0.887. The molecule has 2 N–H and O–H groups in total. The van der Waals surface area contributed by atoms with Gasteiger partial charge in [0.25, 0.3) is 0 Å². The van der Waals surface area contributed by atoms with Crippen molar-refractivity contribution in [1.29, 1.82) is 0 Å². The Labute approximate surface area is 122 Å². The summed E-state index contributed by atoms with van der Waals surface area (Å²) in [6, 6.07) is 3.14. The normalized spacial score (nSPS) is 21.9. The molecule has 1 aliphatic heterocycles. The van der Waals surface area contributed by atoms with E-state index in [1.54, 1.807) is 0 Å². The lowest BCUT2D eigenvalue weighted by molar-refractivity contribution is -0.129. The van der Waals surface area contributed by atoms with Gasteiger partial charge in [-0.25, -0.2) is 8.78 Å². The van der Waals surface area contributed by atoms with E-state index in [1.165, 1.54) is 6.07 Å². The van der Waals surface area contributed by atoms with E-state index < -0.39 is 17.7 Å². The predicted molar refractivity (Wildman–Crippen MR) is 72.7 cm³/mol. The number of rotatable bonds is 3. The fourth-order valence-corrected chi connectivity index (χ4v) is 1.98. The number of ether oxygens (including phenoxy) is 1. The van der Waals surface area contributed by atoms with Gasteiger partial charge in [-0.2, -0.15) is 0 Å². The molecule has 0 radical (unpaired) electrons. The third kappa shape index (κ3) is 4.13. The van der Waals surface area contributed by atoms with E-state index in [2.05, 4.69) is 10.6 Å². The standard InChI is InChI=1S/C13H16F2N2O2.ClH/c1-8-12(16-4-5-19-8)13(18)17-7-9-2-3-10(14)11(15)6-9;/h2-3,6,8,12,16H,4-5,7H2,1H3,(H,17,18);1H/t8-,12+;/m1./s1. The number of carbonyl (C=O) groups excluding carboxylic acids is 1. The first-order chi connectivity index (χ1) is 9.08. The van der Waals surface area contributed by atoms with Gasteiger partial charge in [-0.1, -0.05) is 6.07 Å². The molecule has 1 heterocycles. The summed E-state index contributed by atoms with van der Waals surface area (Å²) in [7, 11) is 0. The third-order valence-corrected chi connectivity index (χ3v) is 3.05. The van der Waals surface area contributed by atoms with E-state index in [-0.39, 0.29) is 31.0 Å². The Balaban J connectivity index is 0.00000200. The van der Waals surface area contributed by atoms with Crippen LogP contribution in [0.15, 0.2) is 18.2 Å². The monoisotopic (exact) mass is 306 g/mol. The first kappa shape index (κ1) is 16.8. The Kier molecular flexibility index (Phi) is 6.32. The molecule has 4 nitrogen and oxygen atoms in total.